The predicted molar refractivity (Wildman–Crippen MR) is 123 cm³/mol. The summed E-state index contributed by atoms with van der Waals surface area (Å²) in [6, 6.07) is 5.42. The van der Waals surface area contributed by atoms with Crippen LogP contribution in [-0.4, -0.2) is 24.9 Å². The molecular formula is C27H24F8O3. The summed E-state index contributed by atoms with van der Waals surface area (Å²) in [5.41, 5.74) is -5.13. The molecule has 0 spiro atoms. The largest absolute Gasteiger partial charge is 0.473 e. The Morgan fingerprint density at radius 2 is 1.68 bits per heavy atom. The van der Waals surface area contributed by atoms with Crippen LogP contribution in [0.2, 0.25) is 0 Å². The minimum atomic E-state index is -5.26. The van der Waals surface area contributed by atoms with Gasteiger partial charge in [-0.25, -0.2) is 8.78 Å². The van der Waals surface area contributed by atoms with Gasteiger partial charge in [-0.3, -0.25) is 4.79 Å². The van der Waals surface area contributed by atoms with Crippen molar-refractivity contribution in [1.82, 2.24) is 0 Å². The molecule has 11 heteroatoms. The Kier molecular flexibility index (Phi) is 8.28. The first-order valence-corrected chi connectivity index (χ1v) is 11.5. The minimum absolute atomic E-state index is 0.00260. The lowest BCUT2D eigenvalue weighted by molar-refractivity contribution is -0.229. The number of rotatable bonds is 7. The molecular weight excluding hydrogens is 524 g/mol. The highest BCUT2D eigenvalue weighted by atomic mass is 19.4. The van der Waals surface area contributed by atoms with Crippen molar-refractivity contribution in [2.24, 2.45) is 11.8 Å². The van der Waals surface area contributed by atoms with E-state index < -0.39 is 59.2 Å². The lowest BCUT2D eigenvalue weighted by atomic mass is 9.76. The van der Waals surface area contributed by atoms with E-state index >= 15 is 0 Å². The molecule has 0 heterocycles. The highest BCUT2D eigenvalue weighted by molar-refractivity contribution is 5.82. The molecule has 38 heavy (non-hydrogen) atoms. The zero-order chi connectivity index (χ0) is 28.5. The third-order valence-corrected chi connectivity index (χ3v) is 5.97. The molecule has 0 N–H and O–H groups in total. The summed E-state index contributed by atoms with van der Waals surface area (Å²) in [5.74, 6) is -5.40. The van der Waals surface area contributed by atoms with Gasteiger partial charge in [-0.15, -0.1) is 0 Å². The van der Waals surface area contributed by atoms with Crippen LogP contribution in [0.15, 0.2) is 60.2 Å². The molecule has 0 aliphatic heterocycles. The Hall–Kier alpha value is -3.37. The van der Waals surface area contributed by atoms with Gasteiger partial charge in [-0.1, -0.05) is 37.6 Å². The number of esters is 1. The molecule has 0 radical (unpaired) electrons. The summed E-state index contributed by atoms with van der Waals surface area (Å²) in [4.78, 5) is 12.6. The van der Waals surface area contributed by atoms with Gasteiger partial charge in [0.05, 0.1) is 18.6 Å². The van der Waals surface area contributed by atoms with Crippen molar-refractivity contribution in [2.45, 2.75) is 44.6 Å². The monoisotopic (exact) mass is 548 g/mol. The predicted octanol–water partition coefficient (Wildman–Crippen LogP) is 7.91. The van der Waals surface area contributed by atoms with Gasteiger partial charge >= 0.3 is 18.3 Å². The van der Waals surface area contributed by atoms with E-state index in [-0.39, 0.29) is 41.2 Å². The molecule has 2 aromatic rings. The van der Waals surface area contributed by atoms with Crippen LogP contribution in [0.4, 0.5) is 35.1 Å². The van der Waals surface area contributed by atoms with Crippen LogP contribution < -0.4 is 4.74 Å². The standard InChI is InChI=1S/C27H24F8O3/c1-15(2)7-23(24(36)37-3)18-8-17(16-5-4-6-20(28)9-16)13-25(14-18,27(33,34)35)38-22-11-19(26(30,31)32)10-21(29)12-22/h4-6,8-13,15,23H,7,14H2,1-3H3. The van der Waals surface area contributed by atoms with Crippen molar-refractivity contribution < 1.29 is 49.4 Å². The van der Waals surface area contributed by atoms with Crippen molar-refractivity contribution >= 4 is 11.5 Å². The lowest BCUT2D eigenvalue weighted by Gasteiger charge is -2.39. The van der Waals surface area contributed by atoms with Gasteiger partial charge in [-0.05, 0) is 53.8 Å². The van der Waals surface area contributed by atoms with Crippen molar-refractivity contribution in [3.8, 4) is 5.75 Å². The second kappa shape index (κ2) is 10.8. The van der Waals surface area contributed by atoms with E-state index in [2.05, 4.69) is 0 Å². The van der Waals surface area contributed by atoms with Crippen molar-refractivity contribution in [3.05, 3.63) is 83.0 Å². The third kappa shape index (κ3) is 6.54. The van der Waals surface area contributed by atoms with E-state index in [1.807, 2.05) is 0 Å². The smallest absolute Gasteiger partial charge is 0.432 e. The molecule has 1 aliphatic carbocycles. The Morgan fingerprint density at radius 3 is 2.24 bits per heavy atom. The van der Waals surface area contributed by atoms with E-state index in [1.54, 1.807) is 13.8 Å². The molecule has 0 bridgehead atoms. The zero-order valence-electron chi connectivity index (χ0n) is 20.5. The van der Waals surface area contributed by atoms with Crippen LogP contribution >= 0.6 is 0 Å². The number of halogens is 8. The van der Waals surface area contributed by atoms with Crippen LogP contribution in [0.25, 0.3) is 5.57 Å². The first kappa shape index (κ1) is 29.2. The SMILES string of the molecule is COC(=O)C(CC(C)C)C1=CC(c2cccc(F)c2)=CC(Oc2cc(F)cc(C(F)(F)F)c2)(C(F)(F)F)C1. The summed E-state index contributed by atoms with van der Waals surface area (Å²) in [7, 11) is 1.07. The van der Waals surface area contributed by atoms with Crippen LogP contribution in [-0.2, 0) is 15.7 Å². The molecule has 2 aromatic carbocycles. The number of carbonyl (C=O) groups is 1. The number of hydrogen-bond donors (Lipinski definition) is 0. The lowest BCUT2D eigenvalue weighted by Crippen LogP contribution is -2.51. The van der Waals surface area contributed by atoms with Crippen molar-refractivity contribution in [3.63, 3.8) is 0 Å². The Labute approximate surface area is 213 Å². The highest BCUT2D eigenvalue weighted by Gasteiger charge is 2.58. The molecule has 3 nitrogen and oxygen atoms in total. The molecule has 0 fully saturated rings. The summed E-state index contributed by atoms with van der Waals surface area (Å²) < 4.78 is 122. The maximum Gasteiger partial charge on any atom is 0.432 e. The van der Waals surface area contributed by atoms with Gasteiger partial charge in [0.15, 0.2) is 0 Å². The molecule has 2 atom stereocenters. The number of hydrogen-bond acceptors (Lipinski definition) is 3. The van der Waals surface area contributed by atoms with E-state index in [0.29, 0.717) is 12.1 Å². The van der Waals surface area contributed by atoms with Gasteiger partial charge < -0.3 is 9.47 Å². The minimum Gasteiger partial charge on any atom is -0.473 e. The van der Waals surface area contributed by atoms with Gasteiger partial charge in [-0.2, -0.15) is 26.3 Å². The van der Waals surface area contributed by atoms with Gasteiger partial charge in [0.1, 0.15) is 17.4 Å². The molecule has 0 saturated heterocycles. The number of allylic oxidation sites excluding steroid dienone is 2. The topological polar surface area (TPSA) is 35.5 Å². The zero-order valence-corrected chi connectivity index (χ0v) is 20.5. The van der Waals surface area contributed by atoms with Crippen molar-refractivity contribution in [1.29, 1.82) is 0 Å². The van der Waals surface area contributed by atoms with Crippen LogP contribution in [0.1, 0.15) is 37.8 Å². The summed E-state index contributed by atoms with van der Waals surface area (Å²) in [6.07, 6.45) is -9.33. The number of ether oxygens (including phenoxy) is 2. The normalized spacial score (nSPS) is 19.1. The summed E-state index contributed by atoms with van der Waals surface area (Å²) in [5, 5.41) is 0. The second-order valence-corrected chi connectivity index (χ2v) is 9.37. The van der Waals surface area contributed by atoms with Gasteiger partial charge in [0.25, 0.3) is 0 Å². The van der Waals surface area contributed by atoms with Crippen LogP contribution in [0, 0.1) is 23.5 Å². The van der Waals surface area contributed by atoms with E-state index in [4.69, 9.17) is 9.47 Å². The maximum atomic E-state index is 14.8. The summed E-state index contributed by atoms with van der Waals surface area (Å²) in [6.45, 7) is 3.48. The quantitative estimate of drug-likeness (QED) is 0.261. The average molecular weight is 548 g/mol. The molecule has 0 saturated carbocycles. The molecule has 3 rings (SSSR count). The number of carbonyl (C=O) groups excluding carboxylic acids is 1. The fraction of sp³-hybridized carbons (Fsp3) is 0.370. The Morgan fingerprint density at radius 1 is 1.00 bits per heavy atom. The molecule has 2 unspecified atom stereocenters. The average Bonchev–Trinajstić information content (AvgIpc) is 2.80. The number of methoxy groups -OCH3 is 1. The molecule has 0 aromatic heterocycles. The fourth-order valence-electron chi connectivity index (χ4n) is 4.27. The Balaban J connectivity index is 2.25. The molecule has 206 valence electrons. The summed E-state index contributed by atoms with van der Waals surface area (Å²) >= 11 is 0. The number of benzene rings is 2. The van der Waals surface area contributed by atoms with Gasteiger partial charge in [0, 0.05) is 12.5 Å². The van der Waals surface area contributed by atoms with E-state index in [1.165, 1.54) is 18.2 Å². The highest BCUT2D eigenvalue weighted by Crippen LogP contribution is 2.48. The first-order chi connectivity index (χ1) is 17.5. The van der Waals surface area contributed by atoms with Crippen LogP contribution in [0.5, 0.6) is 5.75 Å². The number of alkyl halides is 6. The second-order valence-electron chi connectivity index (χ2n) is 9.37. The van der Waals surface area contributed by atoms with Gasteiger partial charge in [0.2, 0.25) is 5.60 Å². The van der Waals surface area contributed by atoms with Crippen LogP contribution in [0.3, 0.4) is 0 Å². The van der Waals surface area contributed by atoms with E-state index in [0.717, 1.165) is 19.2 Å². The Bertz CT molecular complexity index is 1240. The fourth-order valence-corrected chi connectivity index (χ4v) is 4.27. The first-order valence-electron chi connectivity index (χ1n) is 11.5. The third-order valence-electron chi connectivity index (χ3n) is 5.97. The molecule has 1 aliphatic rings. The maximum absolute atomic E-state index is 14.8. The molecule has 0 amide bonds. The van der Waals surface area contributed by atoms with Crippen molar-refractivity contribution in [2.75, 3.05) is 7.11 Å². The van der Waals surface area contributed by atoms with E-state index in [9.17, 15) is 39.9 Å².